The van der Waals surface area contributed by atoms with Crippen molar-refractivity contribution in [1.29, 1.82) is 0 Å². The number of carbonyl (C=O) groups is 3. The number of imide groups is 1. The number of unbranched alkanes of at least 4 members (excludes halogenated alkanes) is 3. The van der Waals surface area contributed by atoms with E-state index in [0.717, 1.165) is 31.4 Å². The van der Waals surface area contributed by atoms with Crippen molar-refractivity contribution in [2.24, 2.45) is 4.99 Å². The van der Waals surface area contributed by atoms with Crippen LogP contribution < -0.4 is 10.6 Å². The molecule has 0 saturated carbocycles. The predicted molar refractivity (Wildman–Crippen MR) is 115 cm³/mol. The number of anilines is 1. The van der Waals surface area contributed by atoms with Crippen LogP contribution in [0.5, 0.6) is 0 Å². The number of likely N-dealkylation sites (N-methyl/N-ethyl adjacent to an activating group) is 1. The van der Waals surface area contributed by atoms with E-state index in [1.165, 1.54) is 16.7 Å². The number of amidine groups is 1. The smallest absolute Gasteiger partial charge is 0.325 e. The molecule has 1 aromatic rings. The predicted octanol–water partition coefficient (Wildman–Crippen LogP) is 2.49. The second-order valence-corrected chi connectivity index (χ2v) is 8.07. The molecule has 2 aliphatic heterocycles. The van der Waals surface area contributed by atoms with Crippen LogP contribution in [0.3, 0.4) is 0 Å². The summed E-state index contributed by atoms with van der Waals surface area (Å²) in [5.41, 5.74) is 0.737. The molecule has 2 atom stereocenters. The minimum absolute atomic E-state index is 0.140. The molecule has 29 heavy (non-hydrogen) atoms. The first-order valence-corrected chi connectivity index (χ1v) is 10.9. The lowest BCUT2D eigenvalue weighted by molar-refractivity contribution is -0.127. The number of carbonyl (C=O) groups excluding carboxylic acids is 3. The van der Waals surface area contributed by atoms with Crippen LogP contribution >= 0.6 is 11.8 Å². The second-order valence-electron chi connectivity index (χ2n) is 7.13. The van der Waals surface area contributed by atoms with E-state index in [4.69, 9.17) is 0 Å². The highest BCUT2D eigenvalue weighted by molar-refractivity contribution is 8.14. The average Bonchev–Trinajstić information content (AvgIpc) is 3.08. The molecule has 156 valence electrons. The molecular weight excluding hydrogens is 390 g/mol. The van der Waals surface area contributed by atoms with E-state index in [1.54, 1.807) is 7.05 Å². The summed E-state index contributed by atoms with van der Waals surface area (Å²) in [6.07, 6.45) is 3.69. The quantitative estimate of drug-likeness (QED) is 0.634. The zero-order chi connectivity index (χ0) is 20.8. The van der Waals surface area contributed by atoms with E-state index >= 15 is 0 Å². The van der Waals surface area contributed by atoms with Crippen molar-refractivity contribution in [2.45, 2.75) is 44.8 Å². The van der Waals surface area contributed by atoms with Gasteiger partial charge < -0.3 is 15.1 Å². The monoisotopic (exact) mass is 417 g/mol. The van der Waals surface area contributed by atoms with Crippen LogP contribution in [0.4, 0.5) is 10.5 Å². The number of nitrogens with one attached hydrogen (secondary N) is 2. The zero-order valence-corrected chi connectivity index (χ0v) is 17.6. The topological polar surface area (TPSA) is 94.1 Å². The Labute approximate surface area is 175 Å². The molecule has 0 radical (unpaired) electrons. The normalized spacial score (nSPS) is 21.0. The van der Waals surface area contributed by atoms with E-state index in [9.17, 15) is 14.4 Å². The highest BCUT2D eigenvalue weighted by atomic mass is 32.2. The average molecular weight is 418 g/mol. The molecule has 2 unspecified atom stereocenters. The van der Waals surface area contributed by atoms with Crippen molar-refractivity contribution in [2.75, 3.05) is 24.7 Å². The number of hydrogen-bond donors (Lipinski definition) is 2. The summed E-state index contributed by atoms with van der Waals surface area (Å²) in [7, 11) is 1.63. The first-order chi connectivity index (χ1) is 14.0. The number of rotatable bonds is 8. The number of amides is 4. The van der Waals surface area contributed by atoms with Gasteiger partial charge in [-0.25, -0.2) is 9.79 Å². The van der Waals surface area contributed by atoms with Crippen LogP contribution in [0.25, 0.3) is 0 Å². The van der Waals surface area contributed by atoms with Gasteiger partial charge >= 0.3 is 6.03 Å². The molecule has 4 amide bonds. The Hall–Kier alpha value is -2.55. The molecule has 0 aliphatic carbocycles. The minimum Gasteiger partial charge on any atom is -0.336 e. The second kappa shape index (κ2) is 9.78. The molecule has 2 N–H and O–H groups in total. The highest BCUT2D eigenvalue weighted by Gasteiger charge is 2.48. The van der Waals surface area contributed by atoms with Gasteiger partial charge in [-0.15, -0.1) is 0 Å². The summed E-state index contributed by atoms with van der Waals surface area (Å²) < 4.78 is 0. The van der Waals surface area contributed by atoms with Crippen molar-refractivity contribution in [3.8, 4) is 0 Å². The number of fused-ring (bicyclic) bond motifs is 1. The molecule has 8 nitrogen and oxygen atoms in total. The summed E-state index contributed by atoms with van der Waals surface area (Å²) >= 11 is 1.30. The molecular formula is C20H27N5O3S. The van der Waals surface area contributed by atoms with E-state index in [0.29, 0.717) is 11.7 Å². The maximum absolute atomic E-state index is 12.5. The molecule has 0 bridgehead atoms. The molecule has 1 saturated heterocycles. The maximum atomic E-state index is 12.5. The lowest BCUT2D eigenvalue weighted by Gasteiger charge is -2.36. The van der Waals surface area contributed by atoms with Crippen LogP contribution in [-0.2, 0) is 9.59 Å². The number of para-hydroxylation sites is 1. The van der Waals surface area contributed by atoms with Gasteiger partial charge in [-0.2, -0.15) is 0 Å². The van der Waals surface area contributed by atoms with E-state index < -0.39 is 18.2 Å². The van der Waals surface area contributed by atoms with Gasteiger partial charge in [-0.05, 0) is 18.6 Å². The van der Waals surface area contributed by atoms with Crippen molar-refractivity contribution in [1.82, 2.24) is 15.1 Å². The van der Waals surface area contributed by atoms with Crippen LogP contribution in [0.1, 0.15) is 32.6 Å². The number of urea groups is 1. The van der Waals surface area contributed by atoms with E-state index in [-0.39, 0.29) is 17.6 Å². The first-order valence-electron chi connectivity index (χ1n) is 9.91. The van der Waals surface area contributed by atoms with Gasteiger partial charge in [0.25, 0.3) is 5.91 Å². The molecule has 2 heterocycles. The van der Waals surface area contributed by atoms with Crippen molar-refractivity contribution >= 4 is 40.5 Å². The fraction of sp³-hybridized carbons (Fsp3) is 0.500. The Bertz CT molecular complexity index is 786. The third-order valence-electron chi connectivity index (χ3n) is 4.96. The zero-order valence-electron chi connectivity index (χ0n) is 16.8. The first kappa shape index (κ1) is 21.2. The standard InChI is InChI=1S/C20H27N5O3S/c1-3-4-5-9-12-25-16-17(24(2)19(28)23-18(16)27)22-20(25)29-13-15(26)21-14-10-7-6-8-11-14/h6-8,10-11,16-17H,3-5,9,12-13H2,1-2H3,(H,21,26)(H,23,27,28). The summed E-state index contributed by atoms with van der Waals surface area (Å²) in [6.45, 7) is 2.82. The van der Waals surface area contributed by atoms with Gasteiger partial charge in [0, 0.05) is 19.3 Å². The van der Waals surface area contributed by atoms with Crippen LogP contribution in [-0.4, -0.2) is 64.4 Å². The minimum atomic E-state index is -0.554. The van der Waals surface area contributed by atoms with Crippen molar-refractivity contribution in [3.63, 3.8) is 0 Å². The third-order valence-corrected chi connectivity index (χ3v) is 5.97. The van der Waals surface area contributed by atoms with Crippen molar-refractivity contribution in [3.05, 3.63) is 30.3 Å². The summed E-state index contributed by atoms with van der Waals surface area (Å²) in [6, 6.07) is 8.27. The molecule has 0 aromatic heterocycles. The lowest BCUT2D eigenvalue weighted by Crippen LogP contribution is -2.63. The van der Waals surface area contributed by atoms with Gasteiger partial charge in [0.2, 0.25) is 5.91 Å². The fourth-order valence-corrected chi connectivity index (χ4v) is 4.30. The van der Waals surface area contributed by atoms with E-state index in [2.05, 4.69) is 22.5 Å². The Morgan fingerprint density at radius 2 is 1.97 bits per heavy atom. The number of thioether (sulfide) groups is 1. The summed E-state index contributed by atoms with van der Waals surface area (Å²) in [5, 5.41) is 5.88. The Kier molecular flexibility index (Phi) is 7.13. The molecule has 3 rings (SSSR count). The summed E-state index contributed by atoms with van der Waals surface area (Å²) in [5.74, 6) is -0.293. The largest absolute Gasteiger partial charge is 0.336 e. The Morgan fingerprint density at radius 1 is 1.21 bits per heavy atom. The van der Waals surface area contributed by atoms with E-state index in [1.807, 2.05) is 35.2 Å². The number of aliphatic imine (C=N–C) groups is 1. The van der Waals surface area contributed by atoms with Crippen molar-refractivity contribution < 1.29 is 14.4 Å². The lowest BCUT2D eigenvalue weighted by atomic mass is 10.1. The van der Waals surface area contributed by atoms with Gasteiger partial charge in [-0.3, -0.25) is 14.9 Å². The Balaban J connectivity index is 1.66. The third kappa shape index (κ3) is 5.09. The van der Waals surface area contributed by atoms with Crippen LogP contribution in [0.15, 0.2) is 35.3 Å². The molecule has 1 fully saturated rings. The van der Waals surface area contributed by atoms with Crippen LogP contribution in [0, 0.1) is 0 Å². The molecule has 9 heteroatoms. The molecule has 0 spiro atoms. The molecule has 1 aromatic carbocycles. The van der Waals surface area contributed by atoms with Gasteiger partial charge in [0.15, 0.2) is 17.4 Å². The van der Waals surface area contributed by atoms with Gasteiger partial charge in [-0.1, -0.05) is 56.1 Å². The summed E-state index contributed by atoms with van der Waals surface area (Å²) in [4.78, 5) is 44.8. The number of nitrogens with zero attached hydrogens (tertiary/aromatic N) is 3. The molecule has 2 aliphatic rings. The number of benzene rings is 1. The van der Waals surface area contributed by atoms with Crippen LogP contribution in [0.2, 0.25) is 0 Å². The SMILES string of the molecule is CCCCCCN1C(SCC(=O)Nc2ccccc2)=NC2C1C(=O)NC(=O)N2C. The fourth-order valence-electron chi connectivity index (χ4n) is 3.41. The number of hydrogen-bond acceptors (Lipinski definition) is 6. The Morgan fingerprint density at radius 3 is 2.69 bits per heavy atom. The maximum Gasteiger partial charge on any atom is 0.325 e. The highest BCUT2D eigenvalue weighted by Crippen LogP contribution is 2.29. The van der Waals surface area contributed by atoms with Gasteiger partial charge in [0.1, 0.15) is 0 Å². The van der Waals surface area contributed by atoms with Gasteiger partial charge in [0.05, 0.1) is 5.75 Å².